The third-order valence-electron chi connectivity index (χ3n) is 3.22. The van der Waals surface area contributed by atoms with Crippen molar-refractivity contribution in [2.75, 3.05) is 5.32 Å². The van der Waals surface area contributed by atoms with E-state index in [9.17, 15) is 14.7 Å². The number of fused-ring (bicyclic) bond motifs is 1. The summed E-state index contributed by atoms with van der Waals surface area (Å²) in [5, 5.41) is 18.2. The quantitative estimate of drug-likeness (QED) is 0.577. The molecule has 2 aromatic rings. The lowest BCUT2D eigenvalue weighted by Gasteiger charge is -2.19. The zero-order chi connectivity index (χ0) is 12.9. The predicted molar refractivity (Wildman–Crippen MR) is 64.2 cm³/mol. The van der Waals surface area contributed by atoms with Gasteiger partial charge in [0.15, 0.2) is 0 Å². The molecule has 1 aromatic carbocycles. The Hall–Kier alpha value is -2.34. The lowest BCUT2D eigenvalue weighted by Crippen LogP contribution is -2.39. The molecule has 0 saturated heterocycles. The summed E-state index contributed by atoms with van der Waals surface area (Å²) in [6.45, 7) is 1.62. The highest BCUT2D eigenvalue weighted by atomic mass is 16.3. The number of aromatic nitrogens is 2. The number of nitrogens with one attached hydrogen (secondary N) is 3. The summed E-state index contributed by atoms with van der Waals surface area (Å²) in [7, 11) is 0. The summed E-state index contributed by atoms with van der Waals surface area (Å²) < 4.78 is 0. The van der Waals surface area contributed by atoms with Gasteiger partial charge in [0, 0.05) is 16.9 Å². The summed E-state index contributed by atoms with van der Waals surface area (Å²) in [5.74, 6) is -0.614. The highest BCUT2D eigenvalue weighted by molar-refractivity contribution is 6.07. The van der Waals surface area contributed by atoms with Crippen molar-refractivity contribution >= 4 is 11.6 Å². The molecule has 6 heteroatoms. The second-order valence-corrected chi connectivity index (χ2v) is 4.29. The molecule has 18 heavy (non-hydrogen) atoms. The highest BCUT2D eigenvalue weighted by Gasteiger charge is 2.49. The molecule has 1 amide bonds. The minimum Gasteiger partial charge on any atom is -0.371 e. The van der Waals surface area contributed by atoms with Gasteiger partial charge < -0.3 is 15.5 Å². The first kappa shape index (κ1) is 10.8. The van der Waals surface area contributed by atoms with Crippen LogP contribution in [0.25, 0.3) is 0 Å². The second-order valence-electron chi connectivity index (χ2n) is 4.29. The van der Waals surface area contributed by atoms with E-state index in [2.05, 4.69) is 15.5 Å². The number of hydrogen-bond acceptors (Lipinski definition) is 3. The number of rotatable bonds is 1. The molecular weight excluding hydrogens is 234 g/mol. The van der Waals surface area contributed by atoms with Crippen molar-refractivity contribution in [1.82, 2.24) is 10.2 Å². The Kier molecular flexibility index (Phi) is 2.00. The van der Waals surface area contributed by atoms with Crippen LogP contribution in [0.5, 0.6) is 0 Å². The number of benzene rings is 1. The standard InChI is InChI=1S/C12H11N3O3/c1-6-9(10(16)15-14-6)12(18)7-4-2-3-5-8(7)13-11(12)17/h2-5,18H,1H3,(H,13,17)(H2,14,15,16). The first-order chi connectivity index (χ1) is 8.55. The summed E-state index contributed by atoms with van der Waals surface area (Å²) in [4.78, 5) is 23.8. The number of carbonyl (C=O) groups is 1. The van der Waals surface area contributed by atoms with Crippen LogP contribution in [0, 0.1) is 6.92 Å². The van der Waals surface area contributed by atoms with Gasteiger partial charge >= 0.3 is 0 Å². The van der Waals surface area contributed by atoms with Gasteiger partial charge in [-0.05, 0) is 13.0 Å². The molecule has 1 aromatic heterocycles. The number of para-hydroxylation sites is 1. The summed E-state index contributed by atoms with van der Waals surface area (Å²) in [5.41, 5.74) is -1.05. The number of H-pyrrole nitrogens is 2. The van der Waals surface area contributed by atoms with E-state index in [1.807, 2.05) is 0 Å². The van der Waals surface area contributed by atoms with Crippen LogP contribution >= 0.6 is 0 Å². The van der Waals surface area contributed by atoms with E-state index in [-0.39, 0.29) is 5.56 Å². The van der Waals surface area contributed by atoms with Gasteiger partial charge in [0.25, 0.3) is 11.5 Å². The molecule has 0 fully saturated rings. The van der Waals surface area contributed by atoms with Crippen molar-refractivity contribution in [3.63, 3.8) is 0 Å². The number of amides is 1. The largest absolute Gasteiger partial charge is 0.371 e. The second kappa shape index (κ2) is 3.33. The highest BCUT2D eigenvalue weighted by Crippen LogP contribution is 2.39. The molecule has 1 aliphatic heterocycles. The maximum atomic E-state index is 12.0. The fraction of sp³-hybridized carbons (Fsp3) is 0.167. The van der Waals surface area contributed by atoms with Gasteiger partial charge in [0.1, 0.15) is 0 Å². The van der Waals surface area contributed by atoms with Crippen molar-refractivity contribution in [3.05, 3.63) is 51.4 Å². The molecule has 0 aliphatic carbocycles. The Labute approximate surface area is 102 Å². The summed E-state index contributed by atoms with van der Waals surface area (Å²) in [6.07, 6.45) is 0. The zero-order valence-electron chi connectivity index (χ0n) is 9.57. The van der Waals surface area contributed by atoms with Crippen molar-refractivity contribution < 1.29 is 9.90 Å². The summed E-state index contributed by atoms with van der Waals surface area (Å²) in [6, 6.07) is 6.76. The number of aliphatic hydroxyl groups is 1. The zero-order valence-corrected chi connectivity index (χ0v) is 9.57. The summed E-state index contributed by atoms with van der Waals surface area (Å²) >= 11 is 0. The third kappa shape index (κ3) is 1.15. The van der Waals surface area contributed by atoms with E-state index in [1.165, 1.54) is 0 Å². The van der Waals surface area contributed by atoms with Gasteiger partial charge in [-0.2, -0.15) is 0 Å². The van der Waals surface area contributed by atoms with Crippen molar-refractivity contribution in [2.45, 2.75) is 12.5 Å². The Morgan fingerprint density at radius 2 is 1.89 bits per heavy atom. The van der Waals surface area contributed by atoms with Gasteiger partial charge in [-0.3, -0.25) is 14.7 Å². The lowest BCUT2D eigenvalue weighted by atomic mass is 9.88. The molecule has 92 valence electrons. The number of anilines is 1. The number of hydrogen-bond donors (Lipinski definition) is 4. The maximum absolute atomic E-state index is 12.0. The van der Waals surface area contributed by atoms with Crippen LogP contribution < -0.4 is 10.9 Å². The molecule has 0 spiro atoms. The van der Waals surface area contributed by atoms with E-state index < -0.39 is 17.1 Å². The number of aryl methyl sites for hydroxylation is 1. The molecule has 6 nitrogen and oxygen atoms in total. The van der Waals surface area contributed by atoms with Gasteiger partial charge in [0.2, 0.25) is 5.60 Å². The van der Waals surface area contributed by atoms with E-state index in [4.69, 9.17) is 0 Å². The van der Waals surface area contributed by atoms with Crippen LogP contribution in [-0.2, 0) is 10.4 Å². The Morgan fingerprint density at radius 3 is 2.56 bits per heavy atom. The average molecular weight is 245 g/mol. The van der Waals surface area contributed by atoms with Gasteiger partial charge in [0.05, 0.1) is 5.56 Å². The molecular formula is C12H11N3O3. The normalized spacial score (nSPS) is 21.8. The minimum atomic E-state index is -1.94. The minimum absolute atomic E-state index is 0.0324. The van der Waals surface area contributed by atoms with Crippen LogP contribution in [-0.4, -0.2) is 21.2 Å². The molecule has 3 rings (SSSR count). The molecule has 4 N–H and O–H groups in total. The number of aromatic amines is 2. The average Bonchev–Trinajstić information content (AvgIpc) is 2.80. The molecule has 0 bridgehead atoms. The van der Waals surface area contributed by atoms with Crippen molar-refractivity contribution in [1.29, 1.82) is 0 Å². The van der Waals surface area contributed by atoms with Crippen LogP contribution in [0.3, 0.4) is 0 Å². The Bertz CT molecular complexity index is 701. The smallest absolute Gasteiger partial charge is 0.271 e. The van der Waals surface area contributed by atoms with Gasteiger partial charge in [-0.25, -0.2) is 0 Å². The fourth-order valence-electron chi connectivity index (χ4n) is 2.37. The van der Waals surface area contributed by atoms with Crippen LogP contribution in [0.4, 0.5) is 5.69 Å². The molecule has 1 atom stereocenters. The van der Waals surface area contributed by atoms with Crippen molar-refractivity contribution in [3.8, 4) is 0 Å². The number of carbonyl (C=O) groups excluding carboxylic acids is 1. The molecule has 1 unspecified atom stereocenters. The molecule has 2 heterocycles. The Morgan fingerprint density at radius 1 is 1.17 bits per heavy atom. The van der Waals surface area contributed by atoms with E-state index in [0.717, 1.165) is 0 Å². The predicted octanol–water partition coefficient (Wildman–Crippen LogP) is 0.199. The molecule has 1 aliphatic rings. The lowest BCUT2D eigenvalue weighted by molar-refractivity contribution is -0.129. The van der Waals surface area contributed by atoms with Crippen LogP contribution in [0.15, 0.2) is 29.1 Å². The van der Waals surface area contributed by atoms with Gasteiger partial charge in [-0.15, -0.1) is 0 Å². The van der Waals surface area contributed by atoms with Crippen LogP contribution in [0.1, 0.15) is 16.8 Å². The fourth-order valence-corrected chi connectivity index (χ4v) is 2.37. The maximum Gasteiger partial charge on any atom is 0.271 e. The third-order valence-corrected chi connectivity index (χ3v) is 3.22. The van der Waals surface area contributed by atoms with E-state index >= 15 is 0 Å². The Balaban J connectivity index is 2.34. The first-order valence-electron chi connectivity index (χ1n) is 5.46. The molecule has 0 radical (unpaired) electrons. The van der Waals surface area contributed by atoms with E-state index in [0.29, 0.717) is 16.9 Å². The van der Waals surface area contributed by atoms with E-state index in [1.54, 1.807) is 31.2 Å². The SMILES string of the molecule is Cc1[nH][nH]c(=O)c1C1(O)C(=O)Nc2ccccc21. The van der Waals surface area contributed by atoms with Crippen LogP contribution in [0.2, 0.25) is 0 Å². The first-order valence-corrected chi connectivity index (χ1v) is 5.46. The van der Waals surface area contributed by atoms with Gasteiger partial charge in [-0.1, -0.05) is 18.2 Å². The van der Waals surface area contributed by atoms with Crippen molar-refractivity contribution in [2.24, 2.45) is 0 Å². The monoisotopic (exact) mass is 245 g/mol. The molecule has 0 saturated carbocycles. The topological polar surface area (TPSA) is 98.0 Å².